The molecule has 2 aromatic carbocycles. The molecule has 0 fully saturated rings. The Hall–Kier alpha value is -4.73. The van der Waals surface area contributed by atoms with E-state index in [0.29, 0.717) is 32.1 Å². The van der Waals surface area contributed by atoms with E-state index in [1.165, 1.54) is 11.3 Å². The lowest BCUT2D eigenvalue weighted by Crippen LogP contribution is -2.27. The van der Waals surface area contributed by atoms with Gasteiger partial charge in [0.05, 0.1) is 28.8 Å². The van der Waals surface area contributed by atoms with E-state index in [1.54, 1.807) is 31.4 Å². The third kappa shape index (κ3) is 3.32. The second kappa shape index (κ2) is 8.32. The Labute approximate surface area is 198 Å². The van der Waals surface area contributed by atoms with Crippen LogP contribution in [0.5, 0.6) is 11.5 Å². The van der Waals surface area contributed by atoms with Gasteiger partial charge in [-0.25, -0.2) is 0 Å². The summed E-state index contributed by atoms with van der Waals surface area (Å²) in [6.45, 7) is 0. The zero-order valence-corrected chi connectivity index (χ0v) is 18.7. The maximum atomic E-state index is 13.3. The maximum Gasteiger partial charge on any atom is 0.256 e. The van der Waals surface area contributed by atoms with Crippen molar-refractivity contribution in [2.45, 2.75) is 5.92 Å². The van der Waals surface area contributed by atoms with Crippen molar-refractivity contribution in [3.8, 4) is 23.6 Å². The Morgan fingerprint density at radius 1 is 1.12 bits per heavy atom. The van der Waals surface area contributed by atoms with Crippen LogP contribution >= 0.6 is 11.3 Å². The normalized spacial score (nSPS) is 14.6. The molecule has 0 bridgehead atoms. The van der Waals surface area contributed by atoms with E-state index in [2.05, 4.69) is 22.4 Å². The topological polar surface area (TPSA) is 137 Å². The number of allylic oxidation sites excluding steroid dienone is 1. The molecular formula is C25H17N5O3S. The number of nitriles is 2. The number of nitrogens with two attached hydrogens (primary N) is 1. The average Bonchev–Trinajstić information content (AvgIpc) is 3.20. The van der Waals surface area contributed by atoms with Crippen LogP contribution in [-0.4, -0.2) is 12.1 Å². The minimum absolute atomic E-state index is 0.0767. The average molecular weight is 468 g/mol. The van der Waals surface area contributed by atoms with Gasteiger partial charge in [-0.05, 0) is 29.8 Å². The number of hydrogen-bond acceptors (Lipinski definition) is 8. The number of aromatic amines is 1. The number of fused-ring (bicyclic) bond motifs is 3. The third-order valence-corrected chi connectivity index (χ3v) is 6.71. The fourth-order valence-corrected chi connectivity index (χ4v) is 5.15. The number of nitrogens with zero attached hydrogens (tertiary/aromatic N) is 2. The van der Waals surface area contributed by atoms with E-state index in [0.717, 1.165) is 5.69 Å². The standard InChI is InChI=1S/C25H17N5O3S/c1-32-15-9-7-13(8-10-15)18-16(11-26)23(28)33-21-19(18)24(31)30-20-17(12-27)25(34-22(20)21)29-14-5-3-2-4-6-14/h2-10,18,29H,28H2,1H3,(H,30,31). The van der Waals surface area contributed by atoms with Gasteiger partial charge < -0.3 is 25.5 Å². The monoisotopic (exact) mass is 467 g/mol. The lowest BCUT2D eigenvalue weighted by Gasteiger charge is -2.26. The summed E-state index contributed by atoms with van der Waals surface area (Å²) in [5, 5.41) is 23.5. The minimum Gasteiger partial charge on any atom is -0.497 e. The van der Waals surface area contributed by atoms with Crippen LogP contribution in [0, 0.1) is 22.7 Å². The molecule has 0 radical (unpaired) electrons. The molecule has 4 N–H and O–H groups in total. The van der Waals surface area contributed by atoms with Crippen LogP contribution in [-0.2, 0) is 0 Å². The van der Waals surface area contributed by atoms with Gasteiger partial charge in [0, 0.05) is 5.69 Å². The van der Waals surface area contributed by atoms with Crippen molar-refractivity contribution in [1.82, 2.24) is 4.98 Å². The number of anilines is 2. The highest BCUT2D eigenvalue weighted by Gasteiger charge is 2.36. The van der Waals surface area contributed by atoms with Gasteiger partial charge in [0.15, 0.2) is 5.75 Å². The van der Waals surface area contributed by atoms with Gasteiger partial charge in [0.25, 0.3) is 5.56 Å². The number of benzene rings is 2. The number of para-hydroxylation sites is 1. The number of H-pyrrole nitrogens is 1. The summed E-state index contributed by atoms with van der Waals surface area (Å²) >= 11 is 1.27. The predicted molar refractivity (Wildman–Crippen MR) is 129 cm³/mol. The summed E-state index contributed by atoms with van der Waals surface area (Å²) in [5.74, 6) is 0.0845. The summed E-state index contributed by atoms with van der Waals surface area (Å²) in [6.07, 6.45) is 0. The molecule has 1 unspecified atom stereocenters. The van der Waals surface area contributed by atoms with E-state index in [1.807, 2.05) is 30.3 Å². The number of nitrogens with one attached hydrogen (secondary N) is 2. The van der Waals surface area contributed by atoms with E-state index in [9.17, 15) is 15.3 Å². The number of aromatic nitrogens is 1. The molecule has 0 amide bonds. The van der Waals surface area contributed by atoms with Crippen LogP contribution < -0.4 is 26.1 Å². The van der Waals surface area contributed by atoms with Crippen molar-refractivity contribution in [3.63, 3.8) is 0 Å². The Kier molecular flexibility index (Phi) is 5.17. The Bertz CT molecular complexity index is 1590. The summed E-state index contributed by atoms with van der Waals surface area (Å²) in [6, 6.07) is 20.7. The number of pyridine rings is 1. The van der Waals surface area contributed by atoms with Crippen LogP contribution in [0.4, 0.5) is 10.7 Å². The number of ether oxygens (including phenoxy) is 2. The van der Waals surface area contributed by atoms with Gasteiger partial charge in [-0.3, -0.25) is 4.79 Å². The fourth-order valence-electron chi connectivity index (χ4n) is 4.03. The van der Waals surface area contributed by atoms with Crippen LogP contribution in [0.15, 0.2) is 70.8 Å². The predicted octanol–water partition coefficient (Wildman–Crippen LogP) is 4.43. The van der Waals surface area contributed by atoms with Gasteiger partial charge in [0.1, 0.15) is 34.0 Å². The van der Waals surface area contributed by atoms with Crippen molar-refractivity contribution >= 4 is 32.2 Å². The number of thiophene rings is 1. The summed E-state index contributed by atoms with van der Waals surface area (Å²) in [5.41, 5.74) is 8.24. The number of methoxy groups -OCH3 is 1. The molecule has 1 atom stereocenters. The summed E-state index contributed by atoms with van der Waals surface area (Å²) in [7, 11) is 1.56. The quantitative estimate of drug-likeness (QED) is 0.404. The van der Waals surface area contributed by atoms with Gasteiger partial charge >= 0.3 is 0 Å². The molecule has 4 aromatic rings. The number of hydrogen-bond donors (Lipinski definition) is 3. The lowest BCUT2D eigenvalue weighted by atomic mass is 9.84. The van der Waals surface area contributed by atoms with Gasteiger partial charge in [-0.2, -0.15) is 10.5 Å². The zero-order valence-electron chi connectivity index (χ0n) is 17.9. The molecular weight excluding hydrogens is 450 g/mol. The van der Waals surface area contributed by atoms with Crippen LogP contribution in [0.1, 0.15) is 22.6 Å². The first-order valence-corrected chi connectivity index (χ1v) is 11.0. The molecule has 9 heteroatoms. The molecule has 1 aliphatic heterocycles. The SMILES string of the molecule is COc1ccc(C2C(C#N)=C(N)Oc3c2c(=O)[nH]c2c(C#N)c(Nc4ccccc4)sc32)cc1. The minimum atomic E-state index is -0.731. The van der Waals surface area contributed by atoms with Gasteiger partial charge in [0.2, 0.25) is 5.88 Å². The largest absolute Gasteiger partial charge is 0.497 e. The molecule has 5 rings (SSSR count). The molecule has 1 aliphatic rings. The van der Waals surface area contributed by atoms with E-state index in [-0.39, 0.29) is 22.8 Å². The first kappa shape index (κ1) is 21.1. The summed E-state index contributed by atoms with van der Waals surface area (Å²) in [4.78, 5) is 16.2. The first-order chi connectivity index (χ1) is 16.5. The number of rotatable bonds is 4. The van der Waals surface area contributed by atoms with Crippen molar-refractivity contribution < 1.29 is 9.47 Å². The molecule has 0 saturated carbocycles. The van der Waals surface area contributed by atoms with Crippen molar-refractivity contribution in [2.24, 2.45) is 5.73 Å². The van der Waals surface area contributed by atoms with E-state index in [4.69, 9.17) is 15.2 Å². The second-order valence-electron chi connectivity index (χ2n) is 7.51. The molecule has 8 nitrogen and oxygen atoms in total. The Morgan fingerprint density at radius 2 is 1.85 bits per heavy atom. The zero-order chi connectivity index (χ0) is 23.8. The van der Waals surface area contributed by atoms with Crippen molar-refractivity contribution in [1.29, 1.82) is 10.5 Å². The molecule has 3 heterocycles. The van der Waals surface area contributed by atoms with Crippen molar-refractivity contribution in [3.05, 3.63) is 93.1 Å². The molecule has 0 spiro atoms. The lowest BCUT2D eigenvalue weighted by molar-refractivity contribution is 0.397. The highest BCUT2D eigenvalue weighted by Crippen LogP contribution is 2.47. The van der Waals surface area contributed by atoms with Gasteiger partial charge in [-0.1, -0.05) is 30.3 Å². The Morgan fingerprint density at radius 3 is 2.50 bits per heavy atom. The highest BCUT2D eigenvalue weighted by molar-refractivity contribution is 7.23. The van der Waals surface area contributed by atoms with Gasteiger partial charge in [-0.15, -0.1) is 11.3 Å². The Balaban J connectivity index is 1.74. The van der Waals surface area contributed by atoms with Crippen LogP contribution in [0.3, 0.4) is 0 Å². The molecule has 0 saturated heterocycles. The van der Waals surface area contributed by atoms with Crippen LogP contribution in [0.2, 0.25) is 0 Å². The molecule has 34 heavy (non-hydrogen) atoms. The summed E-state index contributed by atoms with van der Waals surface area (Å²) < 4.78 is 11.6. The van der Waals surface area contributed by atoms with E-state index < -0.39 is 11.5 Å². The third-order valence-electron chi connectivity index (χ3n) is 5.61. The van der Waals surface area contributed by atoms with E-state index >= 15 is 0 Å². The smallest absolute Gasteiger partial charge is 0.256 e. The maximum absolute atomic E-state index is 13.3. The van der Waals surface area contributed by atoms with Crippen LogP contribution in [0.25, 0.3) is 10.2 Å². The molecule has 2 aromatic heterocycles. The highest BCUT2D eigenvalue weighted by atomic mass is 32.1. The second-order valence-corrected chi connectivity index (χ2v) is 8.53. The van der Waals surface area contributed by atoms with Crippen molar-refractivity contribution in [2.75, 3.05) is 12.4 Å². The fraction of sp³-hybridized carbons (Fsp3) is 0.0800. The first-order valence-electron chi connectivity index (χ1n) is 10.2. The molecule has 0 aliphatic carbocycles. The molecule has 166 valence electrons.